The fourth-order valence-electron chi connectivity index (χ4n) is 3.58. The Morgan fingerprint density at radius 1 is 1.00 bits per heavy atom. The van der Waals surface area contributed by atoms with Crippen molar-refractivity contribution in [2.45, 2.75) is 45.6 Å². The van der Waals surface area contributed by atoms with Crippen LogP contribution in [0.1, 0.15) is 39.0 Å². The molecule has 2 heterocycles. The zero-order chi connectivity index (χ0) is 18.6. The van der Waals surface area contributed by atoms with E-state index in [4.69, 9.17) is 0 Å². The number of benzene rings is 2. The normalized spacial score (nSPS) is 11.4. The molecule has 0 aliphatic heterocycles. The first-order valence-electron chi connectivity index (χ1n) is 9.73. The zero-order valence-corrected chi connectivity index (χ0v) is 16.5. The molecule has 0 fully saturated rings. The molecule has 0 atom stereocenters. The SMILES string of the molecule is CCCCCCCn1cnc2scc(-c3ccc4ccccc4c3)c2c1=O. The topological polar surface area (TPSA) is 34.9 Å². The van der Waals surface area contributed by atoms with Crippen LogP contribution in [0.4, 0.5) is 0 Å². The van der Waals surface area contributed by atoms with Gasteiger partial charge in [0.1, 0.15) is 4.83 Å². The number of nitrogens with zero attached hydrogens (tertiary/aromatic N) is 2. The maximum Gasteiger partial charge on any atom is 0.262 e. The first-order valence-corrected chi connectivity index (χ1v) is 10.6. The van der Waals surface area contributed by atoms with Gasteiger partial charge in [0.2, 0.25) is 0 Å². The third-order valence-electron chi connectivity index (χ3n) is 5.12. The summed E-state index contributed by atoms with van der Waals surface area (Å²) < 4.78 is 1.78. The molecule has 0 N–H and O–H groups in total. The molecule has 4 aromatic rings. The standard InChI is InChI=1S/C23H24N2OS/c1-2-3-4-5-8-13-25-16-24-22-21(23(25)26)20(15-27-22)19-12-11-17-9-6-7-10-18(17)14-19/h6-7,9-12,14-16H,2-5,8,13H2,1H3. The fourth-order valence-corrected chi connectivity index (χ4v) is 4.49. The average molecular weight is 377 g/mol. The lowest BCUT2D eigenvalue weighted by molar-refractivity contribution is 0.556. The number of hydrogen-bond donors (Lipinski definition) is 0. The van der Waals surface area contributed by atoms with Crippen molar-refractivity contribution < 1.29 is 0 Å². The predicted octanol–water partition coefficient (Wildman–Crippen LogP) is 6.25. The van der Waals surface area contributed by atoms with E-state index in [9.17, 15) is 4.79 Å². The van der Waals surface area contributed by atoms with Gasteiger partial charge in [-0.1, -0.05) is 69.0 Å². The minimum atomic E-state index is 0.0832. The van der Waals surface area contributed by atoms with Crippen LogP contribution in [-0.4, -0.2) is 9.55 Å². The summed E-state index contributed by atoms with van der Waals surface area (Å²) in [6, 6.07) is 14.7. The number of fused-ring (bicyclic) bond motifs is 2. The summed E-state index contributed by atoms with van der Waals surface area (Å²) >= 11 is 1.55. The van der Waals surface area contributed by atoms with E-state index in [2.05, 4.69) is 47.6 Å². The lowest BCUT2D eigenvalue weighted by Gasteiger charge is -2.07. The molecular weight excluding hydrogens is 352 g/mol. The molecular formula is C23H24N2OS. The van der Waals surface area contributed by atoms with Crippen molar-refractivity contribution in [3.8, 4) is 11.1 Å². The monoisotopic (exact) mass is 376 g/mol. The Hall–Kier alpha value is -2.46. The molecule has 138 valence electrons. The number of thiophene rings is 1. The van der Waals surface area contributed by atoms with Gasteiger partial charge in [-0.25, -0.2) is 4.98 Å². The number of aryl methyl sites for hydroxylation is 1. The molecule has 0 spiro atoms. The molecule has 2 aromatic heterocycles. The first-order chi connectivity index (χ1) is 13.3. The zero-order valence-electron chi connectivity index (χ0n) is 15.6. The first kappa shape index (κ1) is 17.9. The Morgan fingerprint density at radius 2 is 1.81 bits per heavy atom. The Balaban J connectivity index is 1.68. The largest absolute Gasteiger partial charge is 0.299 e. The molecule has 0 aliphatic carbocycles. The third-order valence-corrected chi connectivity index (χ3v) is 6.01. The van der Waals surface area contributed by atoms with Gasteiger partial charge in [-0.2, -0.15) is 0 Å². The van der Waals surface area contributed by atoms with Crippen molar-refractivity contribution >= 4 is 32.3 Å². The van der Waals surface area contributed by atoms with Crippen molar-refractivity contribution in [3.63, 3.8) is 0 Å². The van der Waals surface area contributed by atoms with Gasteiger partial charge < -0.3 is 0 Å². The molecule has 0 amide bonds. The van der Waals surface area contributed by atoms with E-state index in [0.29, 0.717) is 0 Å². The second-order valence-electron chi connectivity index (χ2n) is 7.05. The Kier molecular flexibility index (Phi) is 5.35. The number of hydrogen-bond acceptors (Lipinski definition) is 3. The molecule has 4 heteroatoms. The minimum absolute atomic E-state index is 0.0832. The van der Waals surface area contributed by atoms with Crippen molar-refractivity contribution in [1.82, 2.24) is 9.55 Å². The van der Waals surface area contributed by atoms with Crippen LogP contribution in [0.25, 0.3) is 32.1 Å². The molecule has 0 saturated carbocycles. The van der Waals surface area contributed by atoms with Crippen LogP contribution in [0.3, 0.4) is 0 Å². The van der Waals surface area contributed by atoms with Gasteiger partial charge in [0.05, 0.1) is 11.7 Å². The average Bonchev–Trinajstić information content (AvgIpc) is 3.14. The summed E-state index contributed by atoms with van der Waals surface area (Å²) in [4.78, 5) is 18.5. The van der Waals surface area contributed by atoms with Crippen molar-refractivity contribution in [1.29, 1.82) is 0 Å². The van der Waals surface area contributed by atoms with Crippen molar-refractivity contribution in [2.24, 2.45) is 0 Å². The summed E-state index contributed by atoms with van der Waals surface area (Å²) in [6.07, 6.45) is 7.65. The lowest BCUT2D eigenvalue weighted by Crippen LogP contribution is -2.20. The van der Waals surface area contributed by atoms with Crippen LogP contribution < -0.4 is 5.56 Å². The number of rotatable bonds is 7. The van der Waals surface area contributed by atoms with Gasteiger partial charge in [-0.15, -0.1) is 11.3 Å². The molecule has 27 heavy (non-hydrogen) atoms. The van der Waals surface area contributed by atoms with Gasteiger partial charge in [0.25, 0.3) is 5.56 Å². The van der Waals surface area contributed by atoms with E-state index in [0.717, 1.165) is 34.3 Å². The van der Waals surface area contributed by atoms with Crippen molar-refractivity contribution in [2.75, 3.05) is 0 Å². The van der Waals surface area contributed by atoms with Crippen LogP contribution in [0.2, 0.25) is 0 Å². The summed E-state index contributed by atoms with van der Waals surface area (Å²) in [5.41, 5.74) is 2.16. The number of unbranched alkanes of at least 4 members (excludes halogenated alkanes) is 4. The van der Waals surface area contributed by atoms with Gasteiger partial charge in [0.15, 0.2) is 0 Å². The highest BCUT2D eigenvalue weighted by molar-refractivity contribution is 7.17. The van der Waals surface area contributed by atoms with Crippen LogP contribution in [0, 0.1) is 0 Å². The molecule has 0 bridgehead atoms. The second kappa shape index (κ2) is 8.05. The molecule has 3 nitrogen and oxygen atoms in total. The molecule has 4 rings (SSSR count). The van der Waals surface area contributed by atoms with E-state index in [1.807, 2.05) is 12.1 Å². The highest BCUT2D eigenvalue weighted by Gasteiger charge is 2.13. The van der Waals surface area contributed by atoms with Gasteiger partial charge in [-0.3, -0.25) is 9.36 Å². The maximum atomic E-state index is 13.1. The van der Waals surface area contributed by atoms with Gasteiger partial charge in [0, 0.05) is 17.5 Å². The quantitative estimate of drug-likeness (QED) is 0.357. The smallest absolute Gasteiger partial charge is 0.262 e. The highest BCUT2D eigenvalue weighted by atomic mass is 32.1. The van der Waals surface area contributed by atoms with E-state index < -0.39 is 0 Å². The summed E-state index contributed by atoms with van der Waals surface area (Å²) in [5.74, 6) is 0. The second-order valence-corrected chi connectivity index (χ2v) is 7.91. The highest BCUT2D eigenvalue weighted by Crippen LogP contribution is 2.32. The molecule has 0 saturated heterocycles. The van der Waals surface area contributed by atoms with E-state index in [1.165, 1.54) is 36.5 Å². The molecule has 0 aliphatic rings. The van der Waals surface area contributed by atoms with E-state index in [-0.39, 0.29) is 5.56 Å². The lowest BCUT2D eigenvalue weighted by atomic mass is 10.0. The summed E-state index contributed by atoms with van der Waals surface area (Å²) in [7, 11) is 0. The maximum absolute atomic E-state index is 13.1. The van der Waals surface area contributed by atoms with Crippen LogP contribution in [-0.2, 0) is 6.54 Å². The van der Waals surface area contributed by atoms with E-state index in [1.54, 1.807) is 22.2 Å². The summed E-state index contributed by atoms with van der Waals surface area (Å²) in [5, 5.41) is 5.22. The Bertz CT molecular complexity index is 1130. The van der Waals surface area contributed by atoms with Crippen molar-refractivity contribution in [3.05, 3.63) is 64.5 Å². The van der Waals surface area contributed by atoms with Gasteiger partial charge in [-0.05, 0) is 28.8 Å². The van der Waals surface area contributed by atoms with Crippen LogP contribution in [0.15, 0.2) is 59.0 Å². The minimum Gasteiger partial charge on any atom is -0.299 e. The fraction of sp³-hybridized carbons (Fsp3) is 0.304. The third kappa shape index (κ3) is 3.67. The molecule has 2 aromatic carbocycles. The molecule has 0 unspecified atom stereocenters. The van der Waals surface area contributed by atoms with Crippen LogP contribution >= 0.6 is 11.3 Å². The van der Waals surface area contributed by atoms with E-state index >= 15 is 0 Å². The number of aromatic nitrogens is 2. The van der Waals surface area contributed by atoms with Gasteiger partial charge >= 0.3 is 0 Å². The summed E-state index contributed by atoms with van der Waals surface area (Å²) in [6.45, 7) is 2.96. The molecule has 0 radical (unpaired) electrons. The predicted molar refractivity (Wildman–Crippen MR) is 116 cm³/mol. The Labute approximate surface area is 163 Å². The van der Waals surface area contributed by atoms with Crippen LogP contribution in [0.5, 0.6) is 0 Å². The Morgan fingerprint density at radius 3 is 2.67 bits per heavy atom.